The smallest absolute Gasteiger partial charge is 0.151 e. The van der Waals surface area contributed by atoms with Crippen molar-refractivity contribution >= 4 is 9.84 Å². The zero-order valence-corrected chi connectivity index (χ0v) is 12.2. The summed E-state index contributed by atoms with van der Waals surface area (Å²) in [6.07, 6.45) is 1.29. The second-order valence-corrected chi connectivity index (χ2v) is 7.38. The van der Waals surface area contributed by atoms with Crippen molar-refractivity contribution in [2.45, 2.75) is 18.1 Å². The topological polar surface area (TPSA) is 69.4 Å². The Bertz CT molecular complexity index is 529. The summed E-state index contributed by atoms with van der Waals surface area (Å²) in [4.78, 5) is 0. The Hall–Kier alpha value is -0.910. The van der Waals surface area contributed by atoms with Crippen LogP contribution in [0, 0.1) is 5.41 Å². The monoisotopic (exact) mass is 283 g/mol. The molecule has 0 aliphatic heterocycles. The predicted octanol–water partition coefficient (Wildman–Crippen LogP) is 1.18. The highest BCUT2D eigenvalue weighted by Crippen LogP contribution is 2.62. The van der Waals surface area contributed by atoms with Gasteiger partial charge in [-0.05, 0) is 12.5 Å². The van der Waals surface area contributed by atoms with Gasteiger partial charge in [0.1, 0.15) is 0 Å². The van der Waals surface area contributed by atoms with Crippen LogP contribution < -0.4 is 5.73 Å². The molecule has 106 valence electrons. The number of nitrogens with two attached hydrogens (primary N) is 1. The molecule has 1 saturated carbocycles. The van der Waals surface area contributed by atoms with Crippen LogP contribution in [0.2, 0.25) is 0 Å². The highest BCUT2D eigenvalue weighted by Gasteiger charge is 2.69. The van der Waals surface area contributed by atoms with E-state index in [9.17, 15) is 8.42 Å². The first-order chi connectivity index (χ1) is 8.97. The molecule has 0 amide bonds. The van der Waals surface area contributed by atoms with Crippen molar-refractivity contribution < 1.29 is 13.2 Å². The number of benzene rings is 1. The van der Waals surface area contributed by atoms with Crippen LogP contribution in [-0.4, -0.2) is 39.7 Å². The van der Waals surface area contributed by atoms with Gasteiger partial charge in [0, 0.05) is 30.7 Å². The first kappa shape index (κ1) is 14.5. The maximum atomic E-state index is 12.0. The lowest BCUT2D eigenvalue weighted by Crippen LogP contribution is -2.28. The summed E-state index contributed by atoms with van der Waals surface area (Å²) in [6.45, 7) is 3.20. The molecule has 0 spiro atoms. The fraction of sp³-hybridized carbons (Fsp3) is 0.571. The van der Waals surface area contributed by atoms with Crippen LogP contribution in [-0.2, 0) is 14.6 Å². The fourth-order valence-corrected chi connectivity index (χ4v) is 5.07. The van der Waals surface area contributed by atoms with Crippen LogP contribution in [0.5, 0.6) is 0 Å². The van der Waals surface area contributed by atoms with E-state index in [0.29, 0.717) is 19.8 Å². The Morgan fingerprint density at radius 3 is 2.42 bits per heavy atom. The third-order valence-electron chi connectivity index (χ3n) is 3.95. The summed E-state index contributed by atoms with van der Waals surface area (Å²) >= 11 is 0. The van der Waals surface area contributed by atoms with E-state index in [-0.39, 0.29) is 5.92 Å². The molecule has 1 fully saturated rings. The molecule has 1 aliphatic rings. The molecular weight excluding hydrogens is 262 g/mol. The van der Waals surface area contributed by atoms with Gasteiger partial charge in [0.25, 0.3) is 0 Å². The molecule has 0 heterocycles. The van der Waals surface area contributed by atoms with Gasteiger partial charge in [0.05, 0.1) is 11.9 Å². The van der Waals surface area contributed by atoms with Gasteiger partial charge >= 0.3 is 0 Å². The number of ether oxygens (including phenoxy) is 1. The van der Waals surface area contributed by atoms with Gasteiger partial charge in [-0.25, -0.2) is 8.42 Å². The van der Waals surface area contributed by atoms with Gasteiger partial charge in [-0.1, -0.05) is 30.3 Å². The van der Waals surface area contributed by atoms with E-state index in [1.54, 1.807) is 0 Å². The lowest BCUT2D eigenvalue weighted by atomic mass is 10.0. The maximum Gasteiger partial charge on any atom is 0.151 e. The number of sulfone groups is 1. The zero-order chi connectivity index (χ0) is 14.1. The first-order valence-electron chi connectivity index (χ1n) is 6.49. The van der Waals surface area contributed by atoms with Crippen LogP contribution in [0.15, 0.2) is 30.3 Å². The molecule has 0 radical (unpaired) electrons. The molecule has 2 N–H and O–H groups in total. The minimum absolute atomic E-state index is 0.0553. The van der Waals surface area contributed by atoms with Crippen molar-refractivity contribution in [2.75, 3.05) is 26.0 Å². The minimum Gasteiger partial charge on any atom is -0.381 e. The summed E-state index contributed by atoms with van der Waals surface area (Å²) in [5.41, 5.74) is 6.44. The van der Waals surface area contributed by atoms with Crippen molar-refractivity contribution in [1.82, 2.24) is 0 Å². The van der Waals surface area contributed by atoms with Crippen molar-refractivity contribution in [3.05, 3.63) is 35.9 Å². The van der Waals surface area contributed by atoms with E-state index in [1.807, 2.05) is 37.3 Å². The lowest BCUT2D eigenvalue weighted by molar-refractivity contribution is 0.101. The molecule has 19 heavy (non-hydrogen) atoms. The molecule has 1 aliphatic carbocycles. The molecule has 5 heteroatoms. The number of hydrogen-bond donors (Lipinski definition) is 1. The molecule has 1 aromatic carbocycles. The van der Waals surface area contributed by atoms with Crippen LogP contribution in [0.1, 0.15) is 18.4 Å². The Balaban J connectivity index is 2.35. The Morgan fingerprint density at radius 1 is 1.32 bits per heavy atom. The minimum atomic E-state index is -3.14. The Labute approximate surface area is 114 Å². The number of hydrogen-bond acceptors (Lipinski definition) is 4. The van der Waals surface area contributed by atoms with Gasteiger partial charge < -0.3 is 10.5 Å². The van der Waals surface area contributed by atoms with Crippen molar-refractivity contribution in [1.29, 1.82) is 0 Å². The molecule has 3 atom stereocenters. The fourth-order valence-electron chi connectivity index (χ4n) is 3.06. The van der Waals surface area contributed by atoms with E-state index in [2.05, 4.69) is 0 Å². The van der Waals surface area contributed by atoms with Gasteiger partial charge in [-0.3, -0.25) is 0 Å². The van der Waals surface area contributed by atoms with Crippen LogP contribution >= 0.6 is 0 Å². The van der Waals surface area contributed by atoms with E-state index in [4.69, 9.17) is 10.5 Å². The Kier molecular flexibility index (Phi) is 3.99. The van der Waals surface area contributed by atoms with Crippen LogP contribution in [0.4, 0.5) is 0 Å². The second kappa shape index (κ2) is 5.23. The molecular formula is C14H21NO3S. The molecule has 0 saturated heterocycles. The van der Waals surface area contributed by atoms with E-state index in [1.165, 1.54) is 6.26 Å². The molecule has 1 aromatic rings. The molecule has 0 bridgehead atoms. The van der Waals surface area contributed by atoms with Crippen molar-refractivity contribution in [3.63, 3.8) is 0 Å². The average Bonchev–Trinajstić information content (AvgIpc) is 3.07. The first-order valence-corrected chi connectivity index (χ1v) is 8.44. The summed E-state index contributed by atoms with van der Waals surface area (Å²) in [7, 11) is -3.14. The summed E-state index contributed by atoms with van der Waals surface area (Å²) < 4.78 is 29.5. The normalized spacial score (nSPS) is 30.3. The maximum absolute atomic E-state index is 12.0. The van der Waals surface area contributed by atoms with E-state index < -0.39 is 20.5 Å². The quantitative estimate of drug-likeness (QED) is 0.851. The van der Waals surface area contributed by atoms with Gasteiger partial charge in [-0.2, -0.15) is 0 Å². The highest BCUT2D eigenvalue weighted by molar-refractivity contribution is 7.91. The van der Waals surface area contributed by atoms with E-state index >= 15 is 0 Å². The molecule has 0 aromatic heterocycles. The molecule has 2 rings (SSSR count). The lowest BCUT2D eigenvalue weighted by Gasteiger charge is -2.15. The highest BCUT2D eigenvalue weighted by atomic mass is 32.2. The summed E-state index contributed by atoms with van der Waals surface area (Å²) in [5.74, 6) is -0.0553. The Morgan fingerprint density at radius 2 is 1.95 bits per heavy atom. The summed E-state index contributed by atoms with van der Waals surface area (Å²) in [5, 5.41) is -0.432. The van der Waals surface area contributed by atoms with Gasteiger partial charge in [0.2, 0.25) is 0 Å². The van der Waals surface area contributed by atoms with Crippen molar-refractivity contribution in [2.24, 2.45) is 11.1 Å². The SMILES string of the molecule is CCOC[C@@]1(CN)[C@@H](c2ccccc2)[C@@H]1S(C)(=O)=O. The standard InChI is InChI=1S/C14H21NO3S/c1-3-18-10-14(9-15)12(13(14)19(2,16)17)11-7-5-4-6-8-11/h4-8,12-13H,3,9-10,15H2,1-2H3/t12-,13-,14-/m0/s1. The number of rotatable bonds is 6. The third-order valence-corrected chi connectivity index (χ3v) is 5.62. The van der Waals surface area contributed by atoms with E-state index in [0.717, 1.165) is 5.56 Å². The summed E-state index contributed by atoms with van der Waals surface area (Å²) in [6, 6.07) is 9.70. The largest absolute Gasteiger partial charge is 0.381 e. The van der Waals surface area contributed by atoms with Crippen LogP contribution in [0.25, 0.3) is 0 Å². The van der Waals surface area contributed by atoms with Gasteiger partial charge in [-0.15, -0.1) is 0 Å². The molecule has 0 unspecified atom stereocenters. The second-order valence-electron chi connectivity index (χ2n) is 5.21. The van der Waals surface area contributed by atoms with Crippen molar-refractivity contribution in [3.8, 4) is 0 Å². The third kappa shape index (κ3) is 2.55. The molecule has 4 nitrogen and oxygen atoms in total. The van der Waals surface area contributed by atoms with Gasteiger partial charge in [0.15, 0.2) is 9.84 Å². The average molecular weight is 283 g/mol. The zero-order valence-electron chi connectivity index (χ0n) is 11.4. The van der Waals surface area contributed by atoms with Crippen LogP contribution in [0.3, 0.4) is 0 Å². The predicted molar refractivity (Wildman–Crippen MR) is 75.8 cm³/mol.